The molecule has 0 aliphatic carbocycles. The van der Waals surface area contributed by atoms with Crippen molar-refractivity contribution in [1.82, 2.24) is 9.80 Å². The normalized spacial score (nSPS) is 16.6. The number of hydrogen-bond donors (Lipinski definition) is 1. The summed E-state index contributed by atoms with van der Waals surface area (Å²) < 4.78 is 28.0. The number of para-hydroxylation sites is 1. The topological polar surface area (TPSA) is 92.9 Å². The van der Waals surface area contributed by atoms with Crippen LogP contribution in [0.4, 0.5) is 0 Å². The van der Waals surface area contributed by atoms with Crippen LogP contribution in [0, 0.1) is 0 Å². The molecule has 2 rings (SSSR count). The van der Waals surface area contributed by atoms with E-state index in [1.807, 2.05) is 30.3 Å². The van der Waals surface area contributed by atoms with E-state index >= 15 is 0 Å². The van der Waals surface area contributed by atoms with E-state index in [0.29, 0.717) is 19.7 Å². The summed E-state index contributed by atoms with van der Waals surface area (Å²) >= 11 is 0. The summed E-state index contributed by atoms with van der Waals surface area (Å²) in [6, 6.07) is 8.93. The molecule has 26 heavy (non-hydrogen) atoms. The molecule has 1 heterocycles. The minimum atomic E-state index is -3.10. The quantitative estimate of drug-likeness (QED) is 0.672. The van der Waals surface area contributed by atoms with E-state index in [4.69, 9.17) is 10.5 Å². The highest BCUT2D eigenvalue weighted by Crippen LogP contribution is 2.09. The van der Waals surface area contributed by atoms with E-state index < -0.39 is 15.9 Å². The molecule has 1 atom stereocenters. The Morgan fingerprint density at radius 3 is 2.38 bits per heavy atom. The zero-order valence-corrected chi connectivity index (χ0v) is 16.7. The lowest BCUT2D eigenvalue weighted by molar-refractivity contribution is -0.134. The zero-order chi connectivity index (χ0) is 18.3. The molecule has 2 N–H and O–H groups in total. The molecule has 7 nitrogen and oxygen atoms in total. The first kappa shape index (κ1) is 22.7. The van der Waals surface area contributed by atoms with Gasteiger partial charge >= 0.3 is 0 Å². The number of amides is 1. The van der Waals surface area contributed by atoms with E-state index in [0.717, 1.165) is 31.6 Å². The maximum atomic E-state index is 12.3. The number of nitrogens with two attached hydrogens (primary N) is 1. The van der Waals surface area contributed by atoms with Gasteiger partial charge in [-0.25, -0.2) is 8.42 Å². The fourth-order valence-corrected chi connectivity index (χ4v) is 3.38. The van der Waals surface area contributed by atoms with Crippen LogP contribution in [0.3, 0.4) is 0 Å². The van der Waals surface area contributed by atoms with Gasteiger partial charge in [0.05, 0.1) is 11.8 Å². The SMILES string of the molecule is CS(=O)(=O)CCC(N)C(=O)N1CCN(CCOc2ccccc2)CC1.Cl. The number of benzene rings is 1. The van der Waals surface area contributed by atoms with Crippen molar-refractivity contribution in [3.05, 3.63) is 30.3 Å². The smallest absolute Gasteiger partial charge is 0.239 e. The molecule has 0 radical (unpaired) electrons. The monoisotopic (exact) mass is 405 g/mol. The fourth-order valence-electron chi connectivity index (χ4n) is 2.70. The number of rotatable bonds is 8. The molecule has 1 aromatic carbocycles. The Morgan fingerprint density at radius 2 is 1.81 bits per heavy atom. The van der Waals surface area contributed by atoms with Gasteiger partial charge in [0.25, 0.3) is 0 Å². The van der Waals surface area contributed by atoms with Crippen LogP contribution in [0.5, 0.6) is 5.75 Å². The van der Waals surface area contributed by atoms with Gasteiger partial charge in [-0.05, 0) is 18.6 Å². The average molecular weight is 406 g/mol. The van der Waals surface area contributed by atoms with Gasteiger partial charge in [0.2, 0.25) is 5.91 Å². The van der Waals surface area contributed by atoms with Crippen LogP contribution in [0.25, 0.3) is 0 Å². The maximum absolute atomic E-state index is 12.3. The summed E-state index contributed by atoms with van der Waals surface area (Å²) in [6.45, 7) is 4.15. The lowest BCUT2D eigenvalue weighted by Gasteiger charge is -2.35. The molecule has 1 saturated heterocycles. The number of nitrogens with zero attached hydrogens (tertiary/aromatic N) is 2. The molecule has 1 unspecified atom stereocenters. The van der Waals surface area contributed by atoms with Crippen molar-refractivity contribution in [2.45, 2.75) is 12.5 Å². The molecule has 0 spiro atoms. The minimum Gasteiger partial charge on any atom is -0.492 e. The number of halogens is 1. The van der Waals surface area contributed by atoms with E-state index in [1.54, 1.807) is 4.90 Å². The third-order valence-electron chi connectivity index (χ3n) is 4.22. The maximum Gasteiger partial charge on any atom is 0.239 e. The summed E-state index contributed by atoms with van der Waals surface area (Å²) in [5.41, 5.74) is 5.85. The van der Waals surface area contributed by atoms with Crippen molar-refractivity contribution in [2.24, 2.45) is 5.73 Å². The summed E-state index contributed by atoms with van der Waals surface area (Å²) in [5, 5.41) is 0. The summed E-state index contributed by atoms with van der Waals surface area (Å²) in [4.78, 5) is 16.3. The Hall–Kier alpha value is -1.35. The summed E-state index contributed by atoms with van der Waals surface area (Å²) in [7, 11) is -3.10. The van der Waals surface area contributed by atoms with Crippen LogP contribution in [0.15, 0.2) is 30.3 Å². The van der Waals surface area contributed by atoms with Crippen molar-refractivity contribution in [3.63, 3.8) is 0 Å². The molecule has 1 aliphatic rings. The molecule has 1 fully saturated rings. The van der Waals surface area contributed by atoms with Gasteiger partial charge in [-0.3, -0.25) is 9.69 Å². The molecule has 9 heteroatoms. The van der Waals surface area contributed by atoms with Gasteiger partial charge in [0.1, 0.15) is 22.2 Å². The number of sulfone groups is 1. The van der Waals surface area contributed by atoms with Gasteiger partial charge in [0.15, 0.2) is 0 Å². The van der Waals surface area contributed by atoms with Gasteiger partial charge < -0.3 is 15.4 Å². The first-order valence-corrected chi connectivity index (χ1v) is 10.5. The van der Waals surface area contributed by atoms with Crippen LogP contribution in [-0.2, 0) is 14.6 Å². The van der Waals surface area contributed by atoms with E-state index in [9.17, 15) is 13.2 Å². The molecular weight excluding hydrogens is 378 g/mol. The van der Waals surface area contributed by atoms with Gasteiger partial charge in [-0.15, -0.1) is 12.4 Å². The molecule has 1 amide bonds. The minimum absolute atomic E-state index is 0. The van der Waals surface area contributed by atoms with Gasteiger partial charge in [0, 0.05) is 39.0 Å². The highest BCUT2D eigenvalue weighted by molar-refractivity contribution is 7.90. The van der Waals surface area contributed by atoms with E-state index in [1.165, 1.54) is 0 Å². The van der Waals surface area contributed by atoms with Crippen LogP contribution in [0.1, 0.15) is 6.42 Å². The third kappa shape index (κ3) is 7.90. The van der Waals surface area contributed by atoms with Crippen molar-refractivity contribution in [3.8, 4) is 5.75 Å². The standard InChI is InChI=1S/C17H27N3O4S.ClH/c1-25(22,23)14-7-16(18)17(21)20-10-8-19(9-11-20)12-13-24-15-5-3-2-4-6-15;/h2-6,16H,7-14,18H2,1H3;1H. The lowest BCUT2D eigenvalue weighted by atomic mass is 10.2. The second-order valence-electron chi connectivity index (χ2n) is 6.35. The molecule has 1 aromatic rings. The Morgan fingerprint density at radius 1 is 1.19 bits per heavy atom. The predicted octanol–water partition coefficient (Wildman–Crippen LogP) is 0.393. The number of carbonyl (C=O) groups excluding carboxylic acids is 1. The highest BCUT2D eigenvalue weighted by atomic mass is 35.5. The van der Waals surface area contributed by atoms with E-state index in [2.05, 4.69) is 4.90 Å². The lowest BCUT2D eigenvalue weighted by Crippen LogP contribution is -2.53. The summed E-state index contributed by atoms with van der Waals surface area (Å²) in [5.74, 6) is 0.633. The Kier molecular flexibility index (Phi) is 9.35. The molecule has 0 saturated carbocycles. The van der Waals surface area contributed by atoms with Crippen molar-refractivity contribution < 1.29 is 17.9 Å². The Balaban J connectivity index is 0.00000338. The first-order chi connectivity index (χ1) is 11.8. The number of ether oxygens (including phenoxy) is 1. The molecule has 0 bridgehead atoms. The van der Waals surface area contributed by atoms with Gasteiger partial charge in [-0.2, -0.15) is 0 Å². The van der Waals surface area contributed by atoms with Crippen molar-refractivity contribution in [1.29, 1.82) is 0 Å². The van der Waals surface area contributed by atoms with Crippen LogP contribution in [-0.4, -0.2) is 81.5 Å². The predicted molar refractivity (Wildman–Crippen MR) is 105 cm³/mol. The summed E-state index contributed by atoms with van der Waals surface area (Å²) in [6.07, 6.45) is 1.32. The van der Waals surface area contributed by atoms with Crippen LogP contribution >= 0.6 is 12.4 Å². The molecule has 148 valence electrons. The molecule has 0 aromatic heterocycles. The average Bonchev–Trinajstić information content (AvgIpc) is 2.60. The van der Waals surface area contributed by atoms with E-state index in [-0.39, 0.29) is 30.5 Å². The first-order valence-electron chi connectivity index (χ1n) is 8.47. The largest absolute Gasteiger partial charge is 0.492 e. The molecule has 1 aliphatic heterocycles. The highest BCUT2D eigenvalue weighted by Gasteiger charge is 2.25. The van der Waals surface area contributed by atoms with Gasteiger partial charge in [-0.1, -0.05) is 18.2 Å². The zero-order valence-electron chi connectivity index (χ0n) is 15.0. The number of piperazine rings is 1. The number of carbonyl (C=O) groups is 1. The molecular formula is C17H28ClN3O4S. The second-order valence-corrected chi connectivity index (χ2v) is 8.61. The fraction of sp³-hybridized carbons (Fsp3) is 0.588. The van der Waals surface area contributed by atoms with Crippen molar-refractivity contribution in [2.75, 3.05) is 51.3 Å². The third-order valence-corrected chi connectivity index (χ3v) is 5.20. The number of hydrogen-bond acceptors (Lipinski definition) is 6. The Labute approximate surface area is 161 Å². The Bertz CT molecular complexity index is 649. The van der Waals surface area contributed by atoms with Crippen molar-refractivity contribution >= 4 is 28.2 Å². The van der Waals surface area contributed by atoms with Crippen LogP contribution < -0.4 is 10.5 Å². The van der Waals surface area contributed by atoms with Crippen LogP contribution in [0.2, 0.25) is 0 Å². The second kappa shape index (κ2) is 10.7.